The number of hydrogen-bond donors (Lipinski definition) is 1. The molecule has 2 aromatic carbocycles. The van der Waals surface area contributed by atoms with Gasteiger partial charge in [-0.3, -0.25) is 4.79 Å². The number of carbonyl (C=O) groups excluding carboxylic acids is 1. The number of fused-ring (bicyclic) bond motifs is 1. The first-order valence-corrected chi connectivity index (χ1v) is 12.7. The van der Waals surface area contributed by atoms with Gasteiger partial charge in [-0.2, -0.15) is 0 Å². The largest absolute Gasteiger partial charge is 0.493 e. The minimum atomic E-state index is -0.832. The normalized spacial score (nSPS) is 37.5. The lowest BCUT2D eigenvalue weighted by atomic mass is 9.37. The number of likely N-dealkylation sites (tertiary alicyclic amines) is 1. The summed E-state index contributed by atoms with van der Waals surface area (Å²) in [5.41, 5.74) is 2.50. The lowest BCUT2D eigenvalue weighted by Gasteiger charge is -2.70. The fourth-order valence-corrected chi connectivity index (χ4v) is 8.41. The summed E-state index contributed by atoms with van der Waals surface area (Å²) >= 11 is 0. The second-order valence-electron chi connectivity index (χ2n) is 10.9. The van der Waals surface area contributed by atoms with Gasteiger partial charge >= 0.3 is 0 Å². The van der Waals surface area contributed by atoms with Crippen molar-refractivity contribution in [3.05, 3.63) is 71.3 Å². The molecule has 182 valence electrons. The number of methoxy groups -OCH3 is 2. The molecule has 6 nitrogen and oxygen atoms in total. The maximum atomic E-state index is 13.9. The van der Waals surface area contributed by atoms with Crippen molar-refractivity contribution >= 4 is 5.91 Å². The maximum absolute atomic E-state index is 13.9. The van der Waals surface area contributed by atoms with E-state index in [2.05, 4.69) is 35.5 Å². The maximum Gasteiger partial charge on any atom is 0.226 e. The van der Waals surface area contributed by atoms with Gasteiger partial charge < -0.3 is 24.4 Å². The van der Waals surface area contributed by atoms with Crippen LogP contribution in [0, 0.1) is 11.3 Å². The van der Waals surface area contributed by atoms with Gasteiger partial charge in [-0.1, -0.05) is 48.6 Å². The van der Waals surface area contributed by atoms with Crippen LogP contribution in [0.2, 0.25) is 0 Å². The van der Waals surface area contributed by atoms with E-state index in [1.165, 1.54) is 11.1 Å². The van der Waals surface area contributed by atoms with Crippen molar-refractivity contribution in [2.45, 2.75) is 49.0 Å². The predicted molar refractivity (Wildman–Crippen MR) is 132 cm³/mol. The molecule has 6 heteroatoms. The number of rotatable bonds is 5. The first-order valence-electron chi connectivity index (χ1n) is 12.7. The van der Waals surface area contributed by atoms with Crippen molar-refractivity contribution in [2.75, 3.05) is 27.8 Å². The van der Waals surface area contributed by atoms with Crippen LogP contribution in [0.15, 0.2) is 54.6 Å². The molecule has 2 aromatic rings. The third-order valence-corrected chi connectivity index (χ3v) is 9.90. The number of likely N-dealkylation sites (N-methyl/N-ethyl adjacent to an activating group) is 1. The first kappa shape index (κ1) is 21.5. The van der Waals surface area contributed by atoms with Crippen LogP contribution in [0.4, 0.5) is 0 Å². The van der Waals surface area contributed by atoms with Crippen LogP contribution in [-0.4, -0.2) is 56.4 Å². The number of carbonyl (C=O) groups is 1. The van der Waals surface area contributed by atoms with Gasteiger partial charge in [-0.25, -0.2) is 0 Å². The monoisotopic (exact) mass is 472 g/mol. The number of nitrogens with zero attached hydrogens (tertiary/aromatic N) is 1. The standard InChI is InChI=1S/C29H32N2O4/c1-31-14-13-28-23-19-9-10-21(33-2)24(23)35-26(28)29(34-3)12-11-27(28,22(31)15-19)16-20(29)25(32)30-17-18-7-5-4-6-8-18/h4-12,20,22,26H,13-17H2,1-3H3,(H,30,32)/t20-,22-,26-,27-,28+,29-/m1/s1. The quantitative estimate of drug-likeness (QED) is 0.677. The van der Waals surface area contributed by atoms with E-state index in [0.29, 0.717) is 12.6 Å². The molecule has 1 amide bonds. The molecule has 4 bridgehead atoms. The Labute approximate surface area is 206 Å². The van der Waals surface area contributed by atoms with E-state index < -0.39 is 5.60 Å². The summed E-state index contributed by atoms with van der Waals surface area (Å²) < 4.78 is 19.0. The molecule has 0 aromatic heterocycles. The van der Waals surface area contributed by atoms with Crippen LogP contribution in [0.1, 0.15) is 29.5 Å². The van der Waals surface area contributed by atoms with E-state index in [9.17, 15) is 4.79 Å². The molecule has 0 unspecified atom stereocenters. The summed E-state index contributed by atoms with van der Waals surface area (Å²) in [6.07, 6.45) is 6.97. The van der Waals surface area contributed by atoms with Crippen LogP contribution in [-0.2, 0) is 27.9 Å². The molecule has 1 saturated carbocycles. The zero-order valence-electron chi connectivity index (χ0n) is 20.5. The van der Waals surface area contributed by atoms with Gasteiger partial charge in [-0.05, 0) is 50.0 Å². The molecule has 2 aliphatic heterocycles. The zero-order valence-corrected chi connectivity index (χ0v) is 20.5. The van der Waals surface area contributed by atoms with Gasteiger partial charge in [0.2, 0.25) is 5.91 Å². The summed E-state index contributed by atoms with van der Waals surface area (Å²) in [5, 5.41) is 3.22. The average molecular weight is 473 g/mol. The fourth-order valence-electron chi connectivity index (χ4n) is 8.41. The Morgan fingerprint density at radius 3 is 2.77 bits per heavy atom. The Morgan fingerprint density at radius 1 is 1.17 bits per heavy atom. The average Bonchev–Trinajstić information content (AvgIpc) is 3.27. The summed E-state index contributed by atoms with van der Waals surface area (Å²) in [5.74, 6) is 1.33. The molecule has 1 saturated heterocycles. The lowest BCUT2D eigenvalue weighted by molar-refractivity contribution is -0.213. The second-order valence-corrected chi connectivity index (χ2v) is 10.9. The van der Waals surface area contributed by atoms with Gasteiger partial charge in [-0.15, -0.1) is 0 Å². The molecule has 2 heterocycles. The summed E-state index contributed by atoms with van der Waals surface area (Å²) in [6, 6.07) is 14.6. The molecule has 6 aliphatic rings. The van der Waals surface area contributed by atoms with Crippen molar-refractivity contribution in [1.82, 2.24) is 10.2 Å². The Morgan fingerprint density at radius 2 is 2.00 bits per heavy atom. The third kappa shape index (κ3) is 2.40. The topological polar surface area (TPSA) is 60.0 Å². The highest BCUT2D eigenvalue weighted by molar-refractivity contribution is 5.82. The van der Waals surface area contributed by atoms with Crippen LogP contribution >= 0.6 is 0 Å². The summed E-state index contributed by atoms with van der Waals surface area (Å²) in [7, 11) is 5.67. The van der Waals surface area contributed by atoms with Crippen LogP contribution < -0.4 is 14.8 Å². The van der Waals surface area contributed by atoms with Gasteiger partial charge in [0.1, 0.15) is 11.7 Å². The van der Waals surface area contributed by atoms with Crippen molar-refractivity contribution < 1.29 is 19.0 Å². The molecular formula is C29H32N2O4. The molecular weight excluding hydrogens is 440 g/mol. The number of piperidine rings is 1. The smallest absolute Gasteiger partial charge is 0.226 e. The van der Waals surface area contributed by atoms with Crippen molar-refractivity contribution in [3.8, 4) is 11.5 Å². The highest BCUT2D eigenvalue weighted by atomic mass is 16.6. The molecule has 0 radical (unpaired) electrons. The number of nitrogens with one attached hydrogen (secondary N) is 1. The van der Waals surface area contributed by atoms with Crippen molar-refractivity contribution in [2.24, 2.45) is 11.3 Å². The molecule has 2 spiro atoms. The molecule has 8 rings (SSSR count). The van der Waals surface area contributed by atoms with Gasteiger partial charge in [0, 0.05) is 30.7 Å². The van der Waals surface area contributed by atoms with Gasteiger partial charge in [0.15, 0.2) is 11.5 Å². The van der Waals surface area contributed by atoms with Crippen molar-refractivity contribution in [3.63, 3.8) is 0 Å². The number of hydrogen-bond acceptors (Lipinski definition) is 5. The number of amides is 1. The van der Waals surface area contributed by atoms with E-state index in [0.717, 1.165) is 42.9 Å². The Bertz CT molecular complexity index is 1240. The van der Waals surface area contributed by atoms with Crippen LogP contribution in [0.5, 0.6) is 11.5 Å². The van der Waals surface area contributed by atoms with Crippen LogP contribution in [0.25, 0.3) is 0 Å². The van der Waals surface area contributed by atoms with E-state index in [-0.39, 0.29) is 28.8 Å². The van der Waals surface area contributed by atoms with Gasteiger partial charge in [0.05, 0.1) is 18.4 Å². The molecule has 35 heavy (non-hydrogen) atoms. The molecule has 6 atom stereocenters. The Balaban J connectivity index is 1.37. The lowest BCUT2D eigenvalue weighted by Crippen LogP contribution is -2.79. The van der Waals surface area contributed by atoms with Crippen molar-refractivity contribution in [1.29, 1.82) is 0 Å². The third-order valence-electron chi connectivity index (χ3n) is 9.90. The highest BCUT2D eigenvalue weighted by Crippen LogP contribution is 2.74. The highest BCUT2D eigenvalue weighted by Gasteiger charge is 2.79. The Kier molecular flexibility index (Phi) is 4.36. The van der Waals surface area contributed by atoms with E-state index in [4.69, 9.17) is 14.2 Å². The number of benzene rings is 2. The minimum Gasteiger partial charge on any atom is -0.493 e. The summed E-state index contributed by atoms with van der Waals surface area (Å²) in [4.78, 5) is 16.4. The van der Waals surface area contributed by atoms with E-state index in [1.807, 2.05) is 36.4 Å². The fraction of sp³-hybridized carbons (Fsp3) is 0.483. The van der Waals surface area contributed by atoms with E-state index in [1.54, 1.807) is 14.2 Å². The van der Waals surface area contributed by atoms with E-state index >= 15 is 0 Å². The first-order chi connectivity index (χ1) is 17.0. The minimum absolute atomic E-state index is 0.0346. The van der Waals surface area contributed by atoms with Gasteiger partial charge in [0.25, 0.3) is 0 Å². The SMILES string of the molecule is COc1ccc2c3c1O[C@H]1[C@@]4(OC)C=C[C@@]5(C[C@@H]4C(=O)NCc4ccccc4)[C@@H](C2)N(C)CC[C@]315. The molecule has 4 aliphatic carbocycles. The number of ether oxygens (including phenoxy) is 3. The zero-order chi connectivity index (χ0) is 24.0. The Hall–Kier alpha value is -2.83. The second kappa shape index (κ2) is 7.11. The van der Waals surface area contributed by atoms with Crippen LogP contribution in [0.3, 0.4) is 0 Å². The molecule has 1 N–H and O–H groups in total. The predicted octanol–water partition coefficient (Wildman–Crippen LogP) is 3.23. The summed E-state index contributed by atoms with van der Waals surface area (Å²) in [6.45, 7) is 1.51. The molecule has 2 fully saturated rings.